The number of hydrogen-bond acceptors (Lipinski definition) is 2. The normalized spacial score (nSPS) is 10.3. The lowest BCUT2D eigenvalue weighted by molar-refractivity contribution is 0.262. The number of rotatable bonds is 5. The van der Waals surface area contributed by atoms with Crippen molar-refractivity contribution in [3.05, 3.63) is 53.1 Å². The van der Waals surface area contributed by atoms with Crippen molar-refractivity contribution in [1.82, 2.24) is 0 Å². The van der Waals surface area contributed by atoms with E-state index in [1.807, 2.05) is 19.1 Å². The Balaban J connectivity index is 2.04. The Morgan fingerprint density at radius 2 is 1.70 bits per heavy atom. The lowest BCUT2D eigenvalue weighted by Gasteiger charge is -2.22. The van der Waals surface area contributed by atoms with Gasteiger partial charge >= 0.3 is 6.03 Å². The first kappa shape index (κ1) is 17.2. The van der Waals surface area contributed by atoms with Crippen molar-refractivity contribution >= 4 is 34.7 Å². The predicted octanol–water partition coefficient (Wildman–Crippen LogP) is 5.14. The smallest absolute Gasteiger partial charge is 0.323 e. The second-order valence-corrected chi connectivity index (χ2v) is 5.69. The third kappa shape index (κ3) is 4.63. The molecule has 5 heteroatoms. The Morgan fingerprint density at radius 1 is 1.04 bits per heavy atom. The van der Waals surface area contributed by atoms with E-state index in [1.165, 1.54) is 0 Å². The molecule has 0 aliphatic carbocycles. The summed E-state index contributed by atoms with van der Waals surface area (Å²) in [5.41, 5.74) is 3.69. The van der Waals surface area contributed by atoms with E-state index in [9.17, 15) is 4.79 Å². The van der Waals surface area contributed by atoms with Gasteiger partial charge in [-0.25, -0.2) is 4.79 Å². The van der Waals surface area contributed by atoms with E-state index < -0.39 is 0 Å². The first-order valence-electron chi connectivity index (χ1n) is 7.72. The number of carbonyl (C=O) groups excluding carboxylic acids is 1. The molecule has 0 bridgehead atoms. The van der Waals surface area contributed by atoms with Crippen LogP contribution in [-0.2, 0) is 0 Å². The largest absolute Gasteiger partial charge is 0.372 e. The van der Waals surface area contributed by atoms with Crippen molar-refractivity contribution in [2.24, 2.45) is 0 Å². The molecular formula is C18H22ClN3O. The van der Waals surface area contributed by atoms with Crippen LogP contribution in [-0.4, -0.2) is 19.1 Å². The van der Waals surface area contributed by atoms with Gasteiger partial charge in [0.15, 0.2) is 0 Å². The van der Waals surface area contributed by atoms with E-state index in [4.69, 9.17) is 11.6 Å². The molecule has 0 radical (unpaired) electrons. The summed E-state index contributed by atoms with van der Waals surface area (Å²) in [4.78, 5) is 14.4. The third-order valence-electron chi connectivity index (χ3n) is 3.69. The van der Waals surface area contributed by atoms with Crippen LogP contribution in [0, 0.1) is 6.92 Å². The predicted molar refractivity (Wildman–Crippen MR) is 98.8 cm³/mol. The highest BCUT2D eigenvalue weighted by Crippen LogP contribution is 2.23. The van der Waals surface area contributed by atoms with E-state index >= 15 is 0 Å². The molecule has 2 rings (SSSR count). The molecular weight excluding hydrogens is 310 g/mol. The summed E-state index contributed by atoms with van der Waals surface area (Å²) >= 11 is 5.83. The molecule has 4 nitrogen and oxygen atoms in total. The highest BCUT2D eigenvalue weighted by molar-refractivity contribution is 6.30. The van der Waals surface area contributed by atoms with Gasteiger partial charge < -0.3 is 15.5 Å². The van der Waals surface area contributed by atoms with Gasteiger partial charge in [-0.3, -0.25) is 0 Å². The maximum atomic E-state index is 12.1. The maximum Gasteiger partial charge on any atom is 0.323 e. The number of amides is 2. The Labute approximate surface area is 142 Å². The number of benzene rings is 2. The zero-order chi connectivity index (χ0) is 16.8. The summed E-state index contributed by atoms with van der Waals surface area (Å²) in [6.45, 7) is 8.17. The maximum absolute atomic E-state index is 12.1. The van der Waals surface area contributed by atoms with E-state index in [0.717, 1.165) is 30.0 Å². The van der Waals surface area contributed by atoms with E-state index in [-0.39, 0.29) is 6.03 Å². The van der Waals surface area contributed by atoms with Crippen molar-refractivity contribution in [1.29, 1.82) is 0 Å². The number of nitrogens with one attached hydrogen (secondary N) is 2. The molecule has 2 aromatic rings. The van der Waals surface area contributed by atoms with Crippen LogP contribution < -0.4 is 15.5 Å². The van der Waals surface area contributed by atoms with Crippen LogP contribution in [0.4, 0.5) is 21.9 Å². The third-order valence-corrected chi connectivity index (χ3v) is 3.94. The Morgan fingerprint density at radius 3 is 2.26 bits per heavy atom. The molecule has 0 unspecified atom stereocenters. The summed E-state index contributed by atoms with van der Waals surface area (Å²) in [5, 5.41) is 6.30. The molecule has 0 aromatic heterocycles. The van der Waals surface area contributed by atoms with Crippen molar-refractivity contribution in [3.8, 4) is 0 Å². The minimum atomic E-state index is -0.272. The SMILES string of the molecule is CCN(CC)c1ccc(NC(=O)Nc2ccc(Cl)cc2)c(C)c1. The lowest BCUT2D eigenvalue weighted by Crippen LogP contribution is -2.22. The van der Waals surface area contributed by atoms with Gasteiger partial charge in [-0.1, -0.05) is 11.6 Å². The van der Waals surface area contributed by atoms with E-state index in [2.05, 4.69) is 35.4 Å². The van der Waals surface area contributed by atoms with Crippen molar-refractivity contribution in [2.45, 2.75) is 20.8 Å². The first-order valence-corrected chi connectivity index (χ1v) is 8.10. The van der Waals surface area contributed by atoms with E-state index in [1.54, 1.807) is 24.3 Å². The molecule has 0 aliphatic rings. The average Bonchev–Trinajstić information content (AvgIpc) is 2.53. The standard InChI is InChI=1S/C18H22ClN3O/c1-4-22(5-2)16-10-11-17(13(3)12-16)21-18(23)20-15-8-6-14(19)7-9-15/h6-12H,4-5H2,1-3H3,(H2,20,21,23). The minimum Gasteiger partial charge on any atom is -0.372 e. The Kier molecular flexibility index (Phi) is 5.88. The van der Waals surface area contributed by atoms with Crippen LogP contribution in [0.15, 0.2) is 42.5 Å². The summed E-state index contributed by atoms with van der Waals surface area (Å²) < 4.78 is 0. The van der Waals surface area contributed by atoms with Crippen molar-refractivity contribution < 1.29 is 4.79 Å². The molecule has 0 heterocycles. The zero-order valence-electron chi connectivity index (χ0n) is 13.7. The van der Waals surface area contributed by atoms with Crippen LogP contribution in [0.5, 0.6) is 0 Å². The molecule has 23 heavy (non-hydrogen) atoms. The van der Waals surface area contributed by atoms with Gasteiger partial charge in [0.2, 0.25) is 0 Å². The fourth-order valence-electron chi connectivity index (χ4n) is 2.39. The molecule has 0 aliphatic heterocycles. The fourth-order valence-corrected chi connectivity index (χ4v) is 2.52. The number of aryl methyl sites for hydroxylation is 1. The van der Waals surface area contributed by atoms with Crippen LogP contribution >= 0.6 is 11.6 Å². The molecule has 0 fully saturated rings. The lowest BCUT2D eigenvalue weighted by atomic mass is 10.1. The van der Waals surface area contributed by atoms with Crippen LogP contribution in [0.25, 0.3) is 0 Å². The number of hydrogen-bond donors (Lipinski definition) is 2. The van der Waals surface area contributed by atoms with Gasteiger partial charge in [-0.05, 0) is 68.8 Å². The molecule has 0 saturated carbocycles. The first-order chi connectivity index (χ1) is 11.0. The van der Waals surface area contributed by atoms with Gasteiger partial charge in [-0.15, -0.1) is 0 Å². The van der Waals surface area contributed by atoms with Gasteiger partial charge in [-0.2, -0.15) is 0 Å². The van der Waals surface area contributed by atoms with Gasteiger partial charge in [0, 0.05) is 35.2 Å². The molecule has 2 aromatic carbocycles. The van der Waals surface area contributed by atoms with Crippen LogP contribution in [0.2, 0.25) is 5.02 Å². The van der Waals surface area contributed by atoms with Crippen molar-refractivity contribution in [2.75, 3.05) is 28.6 Å². The topological polar surface area (TPSA) is 44.4 Å². The monoisotopic (exact) mass is 331 g/mol. The number of urea groups is 1. The van der Waals surface area contributed by atoms with Gasteiger partial charge in [0.25, 0.3) is 0 Å². The molecule has 2 N–H and O–H groups in total. The molecule has 0 saturated heterocycles. The van der Waals surface area contributed by atoms with Crippen LogP contribution in [0.3, 0.4) is 0 Å². The number of anilines is 3. The molecule has 0 spiro atoms. The van der Waals surface area contributed by atoms with E-state index in [0.29, 0.717) is 10.7 Å². The van der Waals surface area contributed by atoms with Crippen molar-refractivity contribution in [3.63, 3.8) is 0 Å². The number of halogens is 1. The molecule has 2 amide bonds. The Hall–Kier alpha value is -2.20. The summed E-state index contributed by atoms with van der Waals surface area (Å²) in [6, 6.07) is 12.8. The number of nitrogens with zero attached hydrogens (tertiary/aromatic N) is 1. The number of carbonyl (C=O) groups is 1. The second-order valence-electron chi connectivity index (χ2n) is 5.26. The molecule has 0 atom stereocenters. The second kappa shape index (κ2) is 7.88. The average molecular weight is 332 g/mol. The summed E-state index contributed by atoms with van der Waals surface area (Å²) in [5.74, 6) is 0. The summed E-state index contributed by atoms with van der Waals surface area (Å²) in [7, 11) is 0. The fraction of sp³-hybridized carbons (Fsp3) is 0.278. The van der Waals surface area contributed by atoms with Crippen LogP contribution in [0.1, 0.15) is 19.4 Å². The highest BCUT2D eigenvalue weighted by atomic mass is 35.5. The molecule has 122 valence electrons. The zero-order valence-corrected chi connectivity index (χ0v) is 14.4. The highest BCUT2D eigenvalue weighted by Gasteiger charge is 2.08. The van der Waals surface area contributed by atoms with Gasteiger partial charge in [0.1, 0.15) is 0 Å². The minimum absolute atomic E-state index is 0.272. The van der Waals surface area contributed by atoms with Gasteiger partial charge in [0.05, 0.1) is 0 Å². The summed E-state index contributed by atoms with van der Waals surface area (Å²) in [6.07, 6.45) is 0. The Bertz CT molecular complexity index is 666. The quantitative estimate of drug-likeness (QED) is 0.796.